The van der Waals surface area contributed by atoms with Crippen molar-refractivity contribution in [1.29, 1.82) is 0 Å². The van der Waals surface area contributed by atoms with Crippen LogP contribution >= 0.6 is 39.9 Å². The zero-order chi connectivity index (χ0) is 17.2. The lowest BCUT2D eigenvalue weighted by molar-refractivity contribution is 0.0420. The summed E-state index contributed by atoms with van der Waals surface area (Å²) in [6.07, 6.45) is 2.26. The Balaban J connectivity index is 0.00000312. The number of halogens is 2. The standard InChI is InChI=1S/C18H28BrN3O2.HI/c1-3-20-18(21-8-4-9-24-17-7-10-23-13-17)22-12-15-5-6-16(19)11-14(15)2;/h5-6,11,17H,3-4,7-10,12-13H2,1-2H3,(H2,20,21,22);1H. The van der Waals surface area contributed by atoms with Crippen LogP contribution < -0.4 is 10.6 Å². The van der Waals surface area contributed by atoms with Crippen molar-refractivity contribution < 1.29 is 9.47 Å². The molecule has 5 nitrogen and oxygen atoms in total. The number of aryl methyl sites for hydroxylation is 1. The molecule has 7 heteroatoms. The second kappa shape index (κ2) is 12.9. The molecule has 1 atom stereocenters. The van der Waals surface area contributed by atoms with E-state index in [2.05, 4.69) is 63.6 Å². The molecule has 0 amide bonds. The van der Waals surface area contributed by atoms with E-state index in [0.29, 0.717) is 6.54 Å². The summed E-state index contributed by atoms with van der Waals surface area (Å²) in [6.45, 7) is 8.88. The molecule has 0 radical (unpaired) electrons. The zero-order valence-electron chi connectivity index (χ0n) is 15.0. The maximum Gasteiger partial charge on any atom is 0.191 e. The average molecular weight is 526 g/mol. The molecule has 2 rings (SSSR count). The van der Waals surface area contributed by atoms with Crippen molar-refractivity contribution in [2.24, 2.45) is 4.99 Å². The summed E-state index contributed by atoms with van der Waals surface area (Å²) in [5.74, 6) is 0.851. The summed E-state index contributed by atoms with van der Waals surface area (Å²) in [4.78, 5) is 4.67. The maximum absolute atomic E-state index is 5.77. The number of rotatable bonds is 8. The van der Waals surface area contributed by atoms with E-state index in [-0.39, 0.29) is 30.1 Å². The molecular formula is C18H29BrIN3O2. The van der Waals surface area contributed by atoms with Gasteiger partial charge in [0.25, 0.3) is 0 Å². The smallest absolute Gasteiger partial charge is 0.191 e. The van der Waals surface area contributed by atoms with Crippen molar-refractivity contribution >= 4 is 45.9 Å². The highest BCUT2D eigenvalue weighted by Gasteiger charge is 2.15. The zero-order valence-corrected chi connectivity index (χ0v) is 18.9. The van der Waals surface area contributed by atoms with Gasteiger partial charge in [-0.1, -0.05) is 22.0 Å². The van der Waals surface area contributed by atoms with Crippen LogP contribution in [0.5, 0.6) is 0 Å². The first-order valence-corrected chi connectivity index (χ1v) is 9.45. The van der Waals surface area contributed by atoms with Crippen LogP contribution in [0.3, 0.4) is 0 Å². The minimum absolute atomic E-state index is 0. The minimum atomic E-state index is 0. The molecule has 1 aliphatic heterocycles. The second-order valence-electron chi connectivity index (χ2n) is 5.90. The van der Waals surface area contributed by atoms with Gasteiger partial charge in [-0.05, 0) is 49.9 Å². The number of aliphatic imine (C=N–C) groups is 1. The van der Waals surface area contributed by atoms with E-state index in [1.165, 1.54) is 11.1 Å². The van der Waals surface area contributed by atoms with Crippen molar-refractivity contribution in [1.82, 2.24) is 10.6 Å². The van der Waals surface area contributed by atoms with Crippen molar-refractivity contribution in [3.8, 4) is 0 Å². The van der Waals surface area contributed by atoms with Crippen molar-refractivity contribution in [2.75, 3.05) is 32.9 Å². The van der Waals surface area contributed by atoms with Gasteiger partial charge in [0.2, 0.25) is 0 Å². The summed E-state index contributed by atoms with van der Waals surface area (Å²) < 4.78 is 12.2. The van der Waals surface area contributed by atoms with Gasteiger partial charge in [0.05, 0.1) is 19.3 Å². The van der Waals surface area contributed by atoms with E-state index in [4.69, 9.17) is 9.47 Å². The van der Waals surface area contributed by atoms with Crippen LogP contribution in [0, 0.1) is 6.92 Å². The molecule has 1 saturated heterocycles. The maximum atomic E-state index is 5.77. The SMILES string of the molecule is CCNC(=NCc1ccc(Br)cc1C)NCCCOC1CCOC1.I. The number of guanidine groups is 1. The predicted octanol–water partition coefficient (Wildman–Crippen LogP) is 3.63. The van der Waals surface area contributed by atoms with Gasteiger partial charge in [0.1, 0.15) is 0 Å². The van der Waals surface area contributed by atoms with E-state index in [0.717, 1.165) is 56.2 Å². The van der Waals surface area contributed by atoms with Gasteiger partial charge in [0.15, 0.2) is 5.96 Å². The molecule has 0 aliphatic carbocycles. The summed E-state index contributed by atoms with van der Waals surface area (Å²) in [6, 6.07) is 6.29. The fourth-order valence-corrected chi connectivity index (χ4v) is 2.99. The highest BCUT2D eigenvalue weighted by atomic mass is 127. The lowest BCUT2D eigenvalue weighted by Gasteiger charge is -2.13. The third kappa shape index (κ3) is 8.70. The Labute approximate surface area is 176 Å². The summed E-state index contributed by atoms with van der Waals surface area (Å²) in [5, 5.41) is 6.65. The molecule has 0 aromatic heterocycles. The average Bonchev–Trinajstić information content (AvgIpc) is 3.07. The number of nitrogens with zero attached hydrogens (tertiary/aromatic N) is 1. The Hall–Kier alpha value is -0.380. The van der Waals surface area contributed by atoms with Gasteiger partial charge >= 0.3 is 0 Å². The van der Waals surface area contributed by atoms with E-state index in [9.17, 15) is 0 Å². The van der Waals surface area contributed by atoms with Crippen molar-refractivity contribution in [3.05, 3.63) is 33.8 Å². The molecule has 25 heavy (non-hydrogen) atoms. The van der Waals surface area contributed by atoms with Crippen LogP contribution in [0.1, 0.15) is 30.9 Å². The Kier molecular flexibility index (Phi) is 11.7. The fraction of sp³-hybridized carbons (Fsp3) is 0.611. The molecule has 0 spiro atoms. The monoisotopic (exact) mass is 525 g/mol. The molecule has 142 valence electrons. The first-order chi connectivity index (χ1) is 11.7. The first-order valence-electron chi connectivity index (χ1n) is 8.65. The molecule has 1 heterocycles. The lowest BCUT2D eigenvalue weighted by Crippen LogP contribution is -2.38. The van der Waals surface area contributed by atoms with Gasteiger partial charge in [-0.2, -0.15) is 0 Å². The molecule has 1 aromatic carbocycles. The number of hydrogen-bond donors (Lipinski definition) is 2. The molecule has 1 fully saturated rings. The van der Waals surface area contributed by atoms with Crippen LogP contribution in [0.4, 0.5) is 0 Å². The number of hydrogen-bond acceptors (Lipinski definition) is 3. The van der Waals surface area contributed by atoms with Gasteiger partial charge in [-0.25, -0.2) is 4.99 Å². The molecule has 2 N–H and O–H groups in total. The Morgan fingerprint density at radius 1 is 1.40 bits per heavy atom. The Morgan fingerprint density at radius 2 is 2.24 bits per heavy atom. The minimum Gasteiger partial charge on any atom is -0.379 e. The fourth-order valence-electron chi connectivity index (χ4n) is 2.52. The van der Waals surface area contributed by atoms with Gasteiger partial charge < -0.3 is 20.1 Å². The Morgan fingerprint density at radius 3 is 2.92 bits per heavy atom. The van der Waals surface area contributed by atoms with E-state index < -0.39 is 0 Å². The van der Waals surface area contributed by atoms with Gasteiger partial charge in [-0.15, -0.1) is 24.0 Å². The third-order valence-corrected chi connectivity index (χ3v) is 4.40. The van der Waals surface area contributed by atoms with Gasteiger partial charge in [0, 0.05) is 30.8 Å². The molecule has 0 saturated carbocycles. The third-order valence-electron chi connectivity index (χ3n) is 3.91. The van der Waals surface area contributed by atoms with Crippen LogP contribution in [0.15, 0.2) is 27.7 Å². The number of ether oxygens (including phenoxy) is 2. The summed E-state index contributed by atoms with van der Waals surface area (Å²) in [7, 11) is 0. The molecule has 1 aromatic rings. The van der Waals surface area contributed by atoms with Crippen molar-refractivity contribution in [3.63, 3.8) is 0 Å². The van der Waals surface area contributed by atoms with E-state index >= 15 is 0 Å². The number of benzene rings is 1. The normalized spacial score (nSPS) is 17.2. The number of nitrogens with one attached hydrogen (secondary N) is 2. The molecular weight excluding hydrogens is 497 g/mol. The molecule has 1 aliphatic rings. The molecule has 0 bridgehead atoms. The topological polar surface area (TPSA) is 54.9 Å². The van der Waals surface area contributed by atoms with E-state index in [1.54, 1.807) is 0 Å². The highest BCUT2D eigenvalue weighted by molar-refractivity contribution is 14.0. The molecule has 1 unspecified atom stereocenters. The van der Waals surface area contributed by atoms with E-state index in [1.807, 2.05) is 0 Å². The second-order valence-corrected chi connectivity index (χ2v) is 6.82. The predicted molar refractivity (Wildman–Crippen MR) is 117 cm³/mol. The first kappa shape index (κ1) is 22.7. The Bertz CT molecular complexity index is 537. The summed E-state index contributed by atoms with van der Waals surface area (Å²) in [5.41, 5.74) is 2.48. The lowest BCUT2D eigenvalue weighted by atomic mass is 10.1. The van der Waals surface area contributed by atoms with Gasteiger partial charge in [-0.3, -0.25) is 0 Å². The largest absolute Gasteiger partial charge is 0.379 e. The van der Waals surface area contributed by atoms with Crippen LogP contribution in [0.25, 0.3) is 0 Å². The van der Waals surface area contributed by atoms with Crippen LogP contribution in [0.2, 0.25) is 0 Å². The summed E-state index contributed by atoms with van der Waals surface area (Å²) >= 11 is 3.49. The van der Waals surface area contributed by atoms with Crippen molar-refractivity contribution in [2.45, 2.75) is 39.3 Å². The van der Waals surface area contributed by atoms with Crippen LogP contribution in [-0.4, -0.2) is 45.0 Å². The van der Waals surface area contributed by atoms with Crippen LogP contribution in [-0.2, 0) is 16.0 Å². The highest BCUT2D eigenvalue weighted by Crippen LogP contribution is 2.16. The quantitative estimate of drug-likeness (QED) is 0.235.